The minimum absolute atomic E-state index is 0.332. The SMILES string of the molecule is C=C(C)C(=O)OCCCc1ccc2c(c1)oc1cc(C(=C)C)ccc12. The average Bonchev–Trinajstić information content (AvgIpc) is 2.95. The highest BCUT2D eigenvalue weighted by Crippen LogP contribution is 2.31. The molecule has 0 aliphatic heterocycles. The zero-order chi connectivity index (χ0) is 18.0. The zero-order valence-electron chi connectivity index (χ0n) is 14.7. The normalized spacial score (nSPS) is 11.0. The van der Waals surface area contributed by atoms with E-state index in [0.29, 0.717) is 12.2 Å². The van der Waals surface area contributed by atoms with Crippen LogP contribution in [0.3, 0.4) is 0 Å². The van der Waals surface area contributed by atoms with Crippen LogP contribution < -0.4 is 0 Å². The molecule has 0 amide bonds. The van der Waals surface area contributed by atoms with Crippen molar-refractivity contribution in [3.8, 4) is 0 Å². The molecule has 0 saturated heterocycles. The summed E-state index contributed by atoms with van der Waals surface area (Å²) in [5.41, 5.74) is 5.46. The van der Waals surface area contributed by atoms with E-state index in [0.717, 1.165) is 51.5 Å². The molecule has 0 radical (unpaired) electrons. The van der Waals surface area contributed by atoms with E-state index in [-0.39, 0.29) is 5.97 Å². The van der Waals surface area contributed by atoms with Crippen molar-refractivity contribution in [3.63, 3.8) is 0 Å². The molecule has 0 fully saturated rings. The first-order valence-electron chi connectivity index (χ1n) is 8.39. The van der Waals surface area contributed by atoms with Gasteiger partial charge in [-0.05, 0) is 56.0 Å². The Morgan fingerprint density at radius 3 is 2.40 bits per heavy atom. The van der Waals surface area contributed by atoms with Crippen LogP contribution in [0.1, 0.15) is 31.4 Å². The highest BCUT2D eigenvalue weighted by molar-refractivity contribution is 6.05. The van der Waals surface area contributed by atoms with E-state index < -0.39 is 0 Å². The first-order chi connectivity index (χ1) is 12.0. The summed E-state index contributed by atoms with van der Waals surface area (Å²) in [6.07, 6.45) is 1.60. The van der Waals surface area contributed by atoms with Gasteiger partial charge in [0, 0.05) is 16.3 Å². The maximum absolute atomic E-state index is 11.4. The Bertz CT molecular complexity index is 976. The minimum Gasteiger partial charge on any atom is -0.462 e. The van der Waals surface area contributed by atoms with Gasteiger partial charge in [-0.25, -0.2) is 4.79 Å². The lowest BCUT2D eigenvalue weighted by Gasteiger charge is -2.04. The van der Waals surface area contributed by atoms with Crippen LogP contribution in [0.15, 0.2) is 59.5 Å². The molecule has 0 aliphatic carbocycles. The van der Waals surface area contributed by atoms with Gasteiger partial charge in [0.25, 0.3) is 0 Å². The fourth-order valence-corrected chi connectivity index (χ4v) is 2.81. The Balaban J connectivity index is 1.75. The molecule has 2 aromatic carbocycles. The van der Waals surface area contributed by atoms with Crippen LogP contribution in [0.2, 0.25) is 0 Å². The maximum Gasteiger partial charge on any atom is 0.333 e. The van der Waals surface area contributed by atoms with Gasteiger partial charge in [-0.1, -0.05) is 36.9 Å². The molecule has 1 aromatic heterocycles. The van der Waals surface area contributed by atoms with Crippen molar-refractivity contribution in [2.24, 2.45) is 0 Å². The lowest BCUT2D eigenvalue weighted by molar-refractivity contribution is -0.139. The second kappa shape index (κ2) is 6.98. The Labute approximate surface area is 147 Å². The van der Waals surface area contributed by atoms with E-state index in [1.807, 2.05) is 13.0 Å². The van der Waals surface area contributed by atoms with Crippen molar-refractivity contribution in [2.75, 3.05) is 6.61 Å². The standard InChI is InChI=1S/C22H22O3/c1-14(2)17-8-10-19-18-9-7-16(12-20(18)25-21(19)13-17)6-5-11-24-22(23)15(3)4/h7-10,12-13H,1,3,5-6,11H2,2,4H3. The van der Waals surface area contributed by atoms with Gasteiger partial charge in [0.2, 0.25) is 0 Å². The molecule has 0 unspecified atom stereocenters. The number of hydrogen-bond acceptors (Lipinski definition) is 3. The van der Waals surface area contributed by atoms with Crippen LogP contribution in [0, 0.1) is 0 Å². The Kier molecular flexibility index (Phi) is 4.75. The summed E-state index contributed by atoms with van der Waals surface area (Å²) in [7, 11) is 0. The number of benzene rings is 2. The Morgan fingerprint density at radius 2 is 1.72 bits per heavy atom. The highest BCUT2D eigenvalue weighted by atomic mass is 16.5. The molecule has 3 nitrogen and oxygen atoms in total. The van der Waals surface area contributed by atoms with Crippen molar-refractivity contribution in [1.29, 1.82) is 0 Å². The molecule has 0 saturated carbocycles. The Hall–Kier alpha value is -2.81. The molecule has 0 atom stereocenters. The second-order valence-electron chi connectivity index (χ2n) is 6.44. The van der Waals surface area contributed by atoms with Crippen LogP contribution in [-0.4, -0.2) is 12.6 Å². The molecular weight excluding hydrogens is 312 g/mol. The summed E-state index contributed by atoms with van der Waals surface area (Å²) in [6.45, 7) is 11.6. The van der Waals surface area contributed by atoms with E-state index in [1.165, 1.54) is 0 Å². The lowest BCUT2D eigenvalue weighted by atomic mass is 10.0. The molecule has 3 rings (SSSR count). The van der Waals surface area contributed by atoms with E-state index >= 15 is 0 Å². The smallest absolute Gasteiger partial charge is 0.333 e. The quantitative estimate of drug-likeness (QED) is 0.331. The van der Waals surface area contributed by atoms with Gasteiger partial charge in [-0.3, -0.25) is 0 Å². The van der Waals surface area contributed by atoms with Crippen molar-refractivity contribution in [1.82, 2.24) is 0 Å². The number of carbonyl (C=O) groups excluding carboxylic acids is 1. The number of carbonyl (C=O) groups is 1. The third-order valence-corrected chi connectivity index (χ3v) is 4.22. The fraction of sp³-hybridized carbons (Fsp3) is 0.227. The molecule has 0 spiro atoms. The molecule has 0 aliphatic rings. The van der Waals surface area contributed by atoms with Gasteiger partial charge in [-0.2, -0.15) is 0 Å². The molecule has 3 aromatic rings. The molecule has 1 heterocycles. The van der Waals surface area contributed by atoms with Gasteiger partial charge in [0.15, 0.2) is 0 Å². The number of ether oxygens (including phenoxy) is 1. The third-order valence-electron chi connectivity index (χ3n) is 4.22. The van der Waals surface area contributed by atoms with Crippen LogP contribution in [0.4, 0.5) is 0 Å². The van der Waals surface area contributed by atoms with E-state index in [2.05, 4.69) is 43.5 Å². The predicted molar refractivity (Wildman–Crippen MR) is 103 cm³/mol. The second-order valence-corrected chi connectivity index (χ2v) is 6.44. The first kappa shape index (κ1) is 17.0. The number of fused-ring (bicyclic) bond motifs is 3. The highest BCUT2D eigenvalue weighted by Gasteiger charge is 2.09. The number of allylic oxidation sites excluding steroid dienone is 1. The number of rotatable bonds is 6. The molecule has 128 valence electrons. The average molecular weight is 334 g/mol. The number of aryl methyl sites for hydroxylation is 1. The van der Waals surface area contributed by atoms with E-state index in [4.69, 9.17) is 9.15 Å². The minimum atomic E-state index is -0.332. The summed E-state index contributed by atoms with van der Waals surface area (Å²) >= 11 is 0. The van der Waals surface area contributed by atoms with Crippen LogP contribution in [-0.2, 0) is 16.0 Å². The fourth-order valence-electron chi connectivity index (χ4n) is 2.81. The first-order valence-corrected chi connectivity index (χ1v) is 8.39. The molecule has 0 bridgehead atoms. The van der Waals surface area contributed by atoms with E-state index in [9.17, 15) is 4.79 Å². The zero-order valence-corrected chi connectivity index (χ0v) is 14.7. The summed E-state index contributed by atoms with van der Waals surface area (Å²) in [5.74, 6) is -0.332. The van der Waals surface area contributed by atoms with E-state index in [1.54, 1.807) is 6.92 Å². The summed E-state index contributed by atoms with van der Waals surface area (Å²) < 4.78 is 11.1. The monoisotopic (exact) mass is 334 g/mol. The van der Waals surface area contributed by atoms with Crippen LogP contribution in [0.25, 0.3) is 27.5 Å². The number of furan rings is 1. The van der Waals surface area contributed by atoms with Gasteiger partial charge in [0.1, 0.15) is 11.2 Å². The number of esters is 1. The van der Waals surface area contributed by atoms with Gasteiger partial charge >= 0.3 is 5.97 Å². The van der Waals surface area contributed by atoms with Crippen LogP contribution >= 0.6 is 0 Å². The number of hydrogen-bond donors (Lipinski definition) is 0. The molecule has 3 heteroatoms. The van der Waals surface area contributed by atoms with Gasteiger partial charge in [0.05, 0.1) is 6.61 Å². The van der Waals surface area contributed by atoms with Crippen molar-refractivity contribution in [3.05, 3.63) is 66.3 Å². The summed E-state index contributed by atoms with van der Waals surface area (Å²) in [5, 5.41) is 2.22. The summed E-state index contributed by atoms with van der Waals surface area (Å²) in [4.78, 5) is 11.4. The van der Waals surface area contributed by atoms with Gasteiger partial charge in [-0.15, -0.1) is 0 Å². The molecule has 25 heavy (non-hydrogen) atoms. The third kappa shape index (κ3) is 3.66. The van der Waals surface area contributed by atoms with Crippen molar-refractivity contribution < 1.29 is 13.9 Å². The topological polar surface area (TPSA) is 39.4 Å². The summed E-state index contributed by atoms with van der Waals surface area (Å²) in [6, 6.07) is 12.5. The maximum atomic E-state index is 11.4. The van der Waals surface area contributed by atoms with Crippen LogP contribution in [0.5, 0.6) is 0 Å². The lowest BCUT2D eigenvalue weighted by Crippen LogP contribution is -2.06. The largest absolute Gasteiger partial charge is 0.462 e. The predicted octanol–water partition coefficient (Wildman–Crippen LogP) is 5.67. The van der Waals surface area contributed by atoms with Crippen molar-refractivity contribution in [2.45, 2.75) is 26.7 Å². The van der Waals surface area contributed by atoms with Gasteiger partial charge < -0.3 is 9.15 Å². The molecule has 0 N–H and O–H groups in total. The van der Waals surface area contributed by atoms with Crippen molar-refractivity contribution >= 4 is 33.5 Å². The molecular formula is C22H22O3. The Morgan fingerprint density at radius 1 is 1.04 bits per heavy atom.